The van der Waals surface area contributed by atoms with Crippen molar-refractivity contribution >= 4 is 17.4 Å². The molecule has 0 amide bonds. The van der Waals surface area contributed by atoms with Gasteiger partial charge in [0.25, 0.3) is 0 Å². The number of hydrogen-bond acceptors (Lipinski definition) is 4. The highest BCUT2D eigenvalue weighted by atomic mass is 35.5. The van der Waals surface area contributed by atoms with Crippen LogP contribution < -0.4 is 10.2 Å². The van der Waals surface area contributed by atoms with Crippen LogP contribution in [0.2, 0.25) is 5.02 Å². The molecule has 5 nitrogen and oxygen atoms in total. The summed E-state index contributed by atoms with van der Waals surface area (Å²) in [6.07, 6.45) is 2.08. The van der Waals surface area contributed by atoms with Crippen molar-refractivity contribution in [1.82, 2.24) is 20.0 Å². The number of benzene rings is 1. The molecule has 1 aromatic heterocycles. The number of piperazine rings is 1. The molecule has 1 aliphatic heterocycles. The lowest BCUT2D eigenvalue weighted by Crippen LogP contribution is -2.45. The van der Waals surface area contributed by atoms with Crippen molar-refractivity contribution in [2.75, 3.05) is 44.7 Å². The number of hydrogen-bond donors (Lipinski definition) is 1. The molecule has 0 aliphatic carbocycles. The van der Waals surface area contributed by atoms with Crippen molar-refractivity contribution in [3.8, 4) is 5.69 Å². The maximum atomic E-state index is 6.30. The van der Waals surface area contributed by atoms with E-state index in [1.807, 2.05) is 18.2 Å². The SMILES string of the molecule is CCCc1nn(-c2cccc(Cl)c2)c(N2CCN(C)CC2)c1CNCC(C)C. The molecular formula is C22H34ClN5. The monoisotopic (exact) mass is 403 g/mol. The van der Waals surface area contributed by atoms with E-state index in [2.05, 4.69) is 53.7 Å². The van der Waals surface area contributed by atoms with Crippen LogP contribution in [0.1, 0.15) is 38.4 Å². The molecular weight excluding hydrogens is 370 g/mol. The van der Waals surface area contributed by atoms with Crippen molar-refractivity contribution in [3.63, 3.8) is 0 Å². The molecule has 0 unspecified atom stereocenters. The molecule has 0 radical (unpaired) electrons. The first-order valence-electron chi connectivity index (χ1n) is 10.5. The first-order chi connectivity index (χ1) is 13.5. The quantitative estimate of drug-likeness (QED) is 0.723. The van der Waals surface area contributed by atoms with Crippen LogP contribution in [-0.2, 0) is 13.0 Å². The van der Waals surface area contributed by atoms with Gasteiger partial charge in [-0.15, -0.1) is 0 Å². The average Bonchev–Trinajstić information content (AvgIpc) is 3.01. The van der Waals surface area contributed by atoms with Gasteiger partial charge in [0.2, 0.25) is 0 Å². The van der Waals surface area contributed by atoms with Gasteiger partial charge in [-0.05, 0) is 44.1 Å². The Hall–Kier alpha value is -1.56. The molecule has 154 valence electrons. The van der Waals surface area contributed by atoms with Gasteiger partial charge >= 0.3 is 0 Å². The summed E-state index contributed by atoms with van der Waals surface area (Å²) in [4.78, 5) is 4.89. The van der Waals surface area contributed by atoms with Crippen molar-refractivity contribution < 1.29 is 0 Å². The Balaban J connectivity index is 2.03. The summed E-state index contributed by atoms with van der Waals surface area (Å²) >= 11 is 6.30. The lowest BCUT2D eigenvalue weighted by Gasteiger charge is -2.34. The Kier molecular flexibility index (Phi) is 7.38. The highest BCUT2D eigenvalue weighted by Crippen LogP contribution is 2.30. The molecule has 0 atom stereocenters. The van der Waals surface area contributed by atoms with Crippen LogP contribution in [-0.4, -0.2) is 54.5 Å². The number of nitrogens with zero attached hydrogens (tertiary/aromatic N) is 4. The number of halogens is 1. The molecule has 0 bridgehead atoms. The van der Waals surface area contributed by atoms with Gasteiger partial charge in [-0.1, -0.05) is 44.9 Å². The second-order valence-corrected chi connectivity index (χ2v) is 8.64. The molecule has 0 spiro atoms. The minimum Gasteiger partial charge on any atom is -0.354 e. The van der Waals surface area contributed by atoms with E-state index in [4.69, 9.17) is 16.7 Å². The summed E-state index contributed by atoms with van der Waals surface area (Å²) in [6, 6.07) is 8.03. The van der Waals surface area contributed by atoms with Gasteiger partial charge in [-0.25, -0.2) is 4.68 Å². The van der Waals surface area contributed by atoms with Crippen LogP contribution in [0.15, 0.2) is 24.3 Å². The predicted molar refractivity (Wildman–Crippen MR) is 119 cm³/mol. The fourth-order valence-electron chi connectivity index (χ4n) is 3.72. The molecule has 2 aromatic rings. The van der Waals surface area contributed by atoms with Crippen LogP contribution >= 0.6 is 11.6 Å². The maximum Gasteiger partial charge on any atom is 0.137 e. The topological polar surface area (TPSA) is 36.3 Å². The summed E-state index contributed by atoms with van der Waals surface area (Å²) in [7, 11) is 2.19. The molecule has 1 aliphatic rings. The van der Waals surface area contributed by atoms with E-state index < -0.39 is 0 Å². The molecule has 0 saturated carbocycles. The Morgan fingerprint density at radius 3 is 2.57 bits per heavy atom. The summed E-state index contributed by atoms with van der Waals surface area (Å²) in [6.45, 7) is 12.8. The Morgan fingerprint density at radius 2 is 1.93 bits per heavy atom. The summed E-state index contributed by atoms with van der Waals surface area (Å²) < 4.78 is 2.12. The number of likely N-dealkylation sites (N-methyl/N-ethyl adjacent to an activating group) is 1. The van der Waals surface area contributed by atoms with E-state index in [0.717, 1.165) is 62.8 Å². The number of aryl methyl sites for hydroxylation is 1. The molecule has 2 heterocycles. The van der Waals surface area contributed by atoms with Gasteiger partial charge < -0.3 is 15.1 Å². The standard InChI is InChI=1S/C22H34ClN5/c1-5-7-21-20(16-24-15-17(2)3)22(27-12-10-26(4)11-13-27)28(25-21)19-9-6-8-18(23)14-19/h6,8-9,14,17,24H,5,7,10-13,15-16H2,1-4H3. The lowest BCUT2D eigenvalue weighted by molar-refractivity contribution is 0.311. The first kappa shape index (κ1) is 21.2. The highest BCUT2D eigenvalue weighted by molar-refractivity contribution is 6.30. The normalized spacial score (nSPS) is 15.6. The van der Waals surface area contributed by atoms with E-state index in [-0.39, 0.29) is 0 Å². The molecule has 28 heavy (non-hydrogen) atoms. The molecule has 3 rings (SSSR count). The minimum atomic E-state index is 0.629. The summed E-state index contributed by atoms with van der Waals surface area (Å²) in [5.74, 6) is 1.86. The zero-order valence-corrected chi connectivity index (χ0v) is 18.5. The Morgan fingerprint density at radius 1 is 1.18 bits per heavy atom. The van der Waals surface area contributed by atoms with Gasteiger partial charge in [0.05, 0.1) is 11.4 Å². The highest BCUT2D eigenvalue weighted by Gasteiger charge is 2.25. The zero-order valence-electron chi connectivity index (χ0n) is 17.7. The van der Waals surface area contributed by atoms with Crippen LogP contribution in [0.5, 0.6) is 0 Å². The van der Waals surface area contributed by atoms with Gasteiger partial charge in [0, 0.05) is 43.3 Å². The van der Waals surface area contributed by atoms with E-state index in [1.54, 1.807) is 0 Å². The van der Waals surface area contributed by atoms with Gasteiger partial charge in [0.1, 0.15) is 5.82 Å². The number of aromatic nitrogens is 2. The second kappa shape index (κ2) is 9.77. The molecule has 1 fully saturated rings. The Labute approximate surface area is 174 Å². The third-order valence-corrected chi connectivity index (χ3v) is 5.47. The van der Waals surface area contributed by atoms with Gasteiger partial charge in [0.15, 0.2) is 0 Å². The molecule has 1 saturated heterocycles. The predicted octanol–water partition coefficient (Wildman–Crippen LogP) is 3.98. The summed E-state index contributed by atoms with van der Waals surface area (Å²) in [5, 5.41) is 9.46. The third-order valence-electron chi connectivity index (χ3n) is 5.24. The van der Waals surface area contributed by atoms with Gasteiger partial charge in [-0.2, -0.15) is 5.10 Å². The maximum absolute atomic E-state index is 6.30. The zero-order chi connectivity index (χ0) is 20.1. The summed E-state index contributed by atoms with van der Waals surface area (Å²) in [5.41, 5.74) is 3.58. The number of anilines is 1. The lowest BCUT2D eigenvalue weighted by atomic mass is 10.1. The first-order valence-corrected chi connectivity index (χ1v) is 10.9. The van der Waals surface area contributed by atoms with E-state index in [9.17, 15) is 0 Å². The second-order valence-electron chi connectivity index (χ2n) is 8.21. The largest absolute Gasteiger partial charge is 0.354 e. The van der Waals surface area contributed by atoms with Crippen LogP contribution in [0.3, 0.4) is 0 Å². The van der Waals surface area contributed by atoms with E-state index in [0.29, 0.717) is 5.92 Å². The van der Waals surface area contributed by atoms with Crippen molar-refractivity contribution in [1.29, 1.82) is 0 Å². The molecule has 1 N–H and O–H groups in total. The van der Waals surface area contributed by atoms with E-state index in [1.165, 1.54) is 17.1 Å². The average molecular weight is 404 g/mol. The van der Waals surface area contributed by atoms with Crippen molar-refractivity contribution in [3.05, 3.63) is 40.5 Å². The molecule has 6 heteroatoms. The van der Waals surface area contributed by atoms with Crippen molar-refractivity contribution in [2.24, 2.45) is 5.92 Å². The van der Waals surface area contributed by atoms with Crippen molar-refractivity contribution in [2.45, 2.75) is 40.2 Å². The van der Waals surface area contributed by atoms with Crippen LogP contribution in [0, 0.1) is 5.92 Å². The fraction of sp³-hybridized carbons (Fsp3) is 0.591. The van der Waals surface area contributed by atoms with E-state index >= 15 is 0 Å². The number of nitrogens with one attached hydrogen (secondary N) is 1. The molecule has 1 aromatic carbocycles. The number of rotatable bonds is 8. The van der Waals surface area contributed by atoms with Crippen LogP contribution in [0.25, 0.3) is 5.69 Å². The Bertz CT molecular complexity index is 762. The smallest absolute Gasteiger partial charge is 0.137 e. The van der Waals surface area contributed by atoms with Crippen LogP contribution in [0.4, 0.5) is 5.82 Å². The van der Waals surface area contributed by atoms with Gasteiger partial charge in [-0.3, -0.25) is 0 Å². The third kappa shape index (κ3) is 5.07. The minimum absolute atomic E-state index is 0.629. The fourth-order valence-corrected chi connectivity index (χ4v) is 3.91.